The van der Waals surface area contributed by atoms with Crippen LogP contribution in [-0.2, 0) is 14.8 Å². The second-order valence-corrected chi connectivity index (χ2v) is 11.1. The molecule has 0 bridgehead atoms. The van der Waals surface area contributed by atoms with Gasteiger partial charge in [0, 0.05) is 52.9 Å². The van der Waals surface area contributed by atoms with Crippen LogP contribution >= 0.6 is 0 Å². The number of rotatable bonds is 6. The number of amides is 1. The number of carbonyl (C=O) groups excluding carboxylic acids is 1. The normalized spacial score (nSPS) is 21.0. The van der Waals surface area contributed by atoms with Crippen LogP contribution in [0, 0.1) is 5.92 Å². The molecule has 2 saturated heterocycles. The zero-order chi connectivity index (χ0) is 22.4. The molecule has 0 aromatic carbocycles. The third-order valence-corrected chi connectivity index (χ3v) is 7.44. The third kappa shape index (κ3) is 7.30. The lowest BCUT2D eigenvalue weighted by Crippen LogP contribution is -2.49. The van der Waals surface area contributed by atoms with Crippen molar-refractivity contribution in [1.82, 2.24) is 19.4 Å². The molecular weight excluding hydrogens is 406 g/mol. The number of nitrogens with zero attached hydrogens (tertiary/aromatic N) is 4. The van der Waals surface area contributed by atoms with Gasteiger partial charge >= 0.3 is 6.09 Å². The fourth-order valence-electron chi connectivity index (χ4n) is 3.87. The fourth-order valence-corrected chi connectivity index (χ4v) is 5.39. The molecule has 10 heteroatoms. The monoisotopic (exact) mass is 445 g/mol. The zero-order valence-electron chi connectivity index (χ0n) is 19.2. The first-order valence-electron chi connectivity index (χ1n) is 11.0. The van der Waals surface area contributed by atoms with Gasteiger partial charge in [0.25, 0.3) is 0 Å². The summed E-state index contributed by atoms with van der Waals surface area (Å²) in [4.78, 5) is 20.7. The first-order valence-corrected chi connectivity index (χ1v) is 12.6. The Bertz CT molecular complexity index is 696. The number of aliphatic imine (C=N–C) groups is 1. The van der Waals surface area contributed by atoms with Crippen molar-refractivity contribution in [3.63, 3.8) is 0 Å². The topological polar surface area (TPSA) is 94.5 Å². The molecule has 0 aliphatic carbocycles. The van der Waals surface area contributed by atoms with E-state index in [-0.39, 0.29) is 11.8 Å². The molecule has 2 fully saturated rings. The van der Waals surface area contributed by atoms with Crippen LogP contribution in [0.1, 0.15) is 47.0 Å². The number of hydrogen-bond acceptors (Lipinski definition) is 5. The van der Waals surface area contributed by atoms with E-state index in [4.69, 9.17) is 4.74 Å². The van der Waals surface area contributed by atoms with E-state index in [1.165, 1.54) is 0 Å². The summed E-state index contributed by atoms with van der Waals surface area (Å²) in [6.07, 6.45) is 2.41. The van der Waals surface area contributed by atoms with Crippen molar-refractivity contribution in [2.24, 2.45) is 10.9 Å². The van der Waals surface area contributed by atoms with Gasteiger partial charge in [0.05, 0.1) is 5.75 Å². The van der Waals surface area contributed by atoms with Crippen molar-refractivity contribution in [1.29, 1.82) is 0 Å². The quantitative estimate of drug-likeness (QED) is 0.493. The van der Waals surface area contributed by atoms with E-state index in [0.717, 1.165) is 31.9 Å². The van der Waals surface area contributed by atoms with E-state index in [9.17, 15) is 13.2 Å². The molecule has 0 spiro atoms. The zero-order valence-corrected chi connectivity index (χ0v) is 20.0. The molecule has 30 heavy (non-hydrogen) atoms. The van der Waals surface area contributed by atoms with E-state index < -0.39 is 15.6 Å². The number of carbonyl (C=O) groups is 1. The van der Waals surface area contributed by atoms with Gasteiger partial charge in [-0.05, 0) is 52.9 Å². The molecule has 0 unspecified atom stereocenters. The highest BCUT2D eigenvalue weighted by atomic mass is 32.2. The molecule has 9 nitrogen and oxygen atoms in total. The number of piperidine rings is 1. The van der Waals surface area contributed by atoms with Crippen LogP contribution in [0.15, 0.2) is 4.99 Å². The molecule has 1 amide bonds. The first-order chi connectivity index (χ1) is 14.1. The molecule has 2 aliphatic heterocycles. The number of ether oxygens (including phenoxy) is 1. The lowest BCUT2D eigenvalue weighted by Gasteiger charge is -2.36. The van der Waals surface area contributed by atoms with Gasteiger partial charge < -0.3 is 19.9 Å². The largest absolute Gasteiger partial charge is 0.444 e. The maximum absolute atomic E-state index is 12.4. The van der Waals surface area contributed by atoms with E-state index in [1.54, 1.807) is 16.3 Å². The van der Waals surface area contributed by atoms with Crippen LogP contribution in [0.3, 0.4) is 0 Å². The third-order valence-electron chi connectivity index (χ3n) is 5.49. The van der Waals surface area contributed by atoms with Gasteiger partial charge in [-0.2, -0.15) is 0 Å². The van der Waals surface area contributed by atoms with Crippen molar-refractivity contribution in [2.45, 2.75) is 52.6 Å². The van der Waals surface area contributed by atoms with E-state index >= 15 is 0 Å². The standard InChI is InChI=1S/C20H39N5O4S/c1-6-23(19(26)29-20(2,3)4)16-17-8-12-24(13-9-17)18(21-5)22-10-14-25-11-7-15-30(25,27)28/h17H,6-16H2,1-5H3,(H,21,22). The molecule has 0 radical (unpaired) electrons. The summed E-state index contributed by atoms with van der Waals surface area (Å²) in [5.74, 6) is 1.50. The van der Waals surface area contributed by atoms with Gasteiger partial charge in [-0.1, -0.05) is 0 Å². The molecule has 2 aliphatic rings. The van der Waals surface area contributed by atoms with Crippen LogP contribution < -0.4 is 5.32 Å². The fraction of sp³-hybridized carbons (Fsp3) is 0.900. The van der Waals surface area contributed by atoms with Crippen molar-refractivity contribution < 1.29 is 17.9 Å². The first kappa shape index (κ1) is 24.7. The van der Waals surface area contributed by atoms with E-state index in [0.29, 0.717) is 45.1 Å². The number of nitrogens with one attached hydrogen (secondary N) is 1. The molecule has 2 rings (SSSR count). The Balaban J connectivity index is 1.77. The minimum atomic E-state index is -3.06. The summed E-state index contributed by atoms with van der Waals surface area (Å²) in [6, 6.07) is 0. The van der Waals surface area contributed by atoms with Crippen molar-refractivity contribution in [3.05, 3.63) is 0 Å². The summed E-state index contributed by atoms with van der Waals surface area (Å²) < 4.78 is 30.9. The summed E-state index contributed by atoms with van der Waals surface area (Å²) in [5.41, 5.74) is -0.486. The maximum Gasteiger partial charge on any atom is 0.410 e. The highest BCUT2D eigenvalue weighted by Crippen LogP contribution is 2.20. The SMILES string of the molecule is CCN(CC1CCN(C(=NC)NCCN2CCCS2(=O)=O)CC1)C(=O)OC(C)(C)C. The summed E-state index contributed by atoms with van der Waals surface area (Å²) in [7, 11) is -1.31. The number of likely N-dealkylation sites (tertiary alicyclic amines) is 1. The van der Waals surface area contributed by atoms with Crippen LogP contribution in [0.25, 0.3) is 0 Å². The Hall–Kier alpha value is -1.55. The lowest BCUT2D eigenvalue weighted by molar-refractivity contribution is 0.0214. The highest BCUT2D eigenvalue weighted by Gasteiger charge is 2.29. The lowest BCUT2D eigenvalue weighted by atomic mass is 9.96. The Labute approximate surface area is 181 Å². The molecule has 0 aromatic rings. The molecule has 2 heterocycles. The second-order valence-electron chi connectivity index (χ2n) is 8.99. The summed E-state index contributed by atoms with van der Waals surface area (Å²) in [5, 5.41) is 3.30. The molecular formula is C20H39N5O4S. The van der Waals surface area contributed by atoms with Gasteiger partial charge in [-0.3, -0.25) is 4.99 Å². The number of guanidine groups is 1. The van der Waals surface area contributed by atoms with Gasteiger partial charge in [0.2, 0.25) is 10.0 Å². The van der Waals surface area contributed by atoms with Gasteiger partial charge in [-0.25, -0.2) is 17.5 Å². The van der Waals surface area contributed by atoms with Crippen LogP contribution in [-0.4, -0.2) is 98.8 Å². The average molecular weight is 446 g/mol. The van der Waals surface area contributed by atoms with Crippen LogP contribution in [0.4, 0.5) is 4.79 Å². The Morgan fingerprint density at radius 3 is 2.40 bits per heavy atom. The van der Waals surface area contributed by atoms with Crippen LogP contribution in [0.2, 0.25) is 0 Å². The average Bonchev–Trinajstić information content (AvgIpc) is 3.00. The predicted octanol–water partition coefficient (Wildman–Crippen LogP) is 1.57. The van der Waals surface area contributed by atoms with Gasteiger partial charge in [0.1, 0.15) is 5.60 Å². The summed E-state index contributed by atoms with van der Waals surface area (Å²) >= 11 is 0. The molecule has 174 valence electrons. The summed E-state index contributed by atoms with van der Waals surface area (Å²) in [6.45, 7) is 12.3. The second kappa shape index (κ2) is 10.7. The maximum atomic E-state index is 12.4. The van der Waals surface area contributed by atoms with E-state index in [1.807, 2.05) is 27.7 Å². The van der Waals surface area contributed by atoms with Gasteiger partial charge in [0.15, 0.2) is 5.96 Å². The minimum absolute atomic E-state index is 0.248. The smallest absolute Gasteiger partial charge is 0.410 e. The predicted molar refractivity (Wildman–Crippen MR) is 119 cm³/mol. The minimum Gasteiger partial charge on any atom is -0.444 e. The Morgan fingerprint density at radius 2 is 1.90 bits per heavy atom. The highest BCUT2D eigenvalue weighted by molar-refractivity contribution is 7.89. The van der Waals surface area contributed by atoms with Crippen molar-refractivity contribution >= 4 is 22.1 Å². The van der Waals surface area contributed by atoms with Crippen molar-refractivity contribution in [2.75, 3.05) is 58.6 Å². The van der Waals surface area contributed by atoms with Crippen molar-refractivity contribution in [3.8, 4) is 0 Å². The van der Waals surface area contributed by atoms with E-state index in [2.05, 4.69) is 15.2 Å². The van der Waals surface area contributed by atoms with Crippen LogP contribution in [0.5, 0.6) is 0 Å². The Morgan fingerprint density at radius 1 is 1.23 bits per heavy atom. The van der Waals surface area contributed by atoms with Gasteiger partial charge in [-0.15, -0.1) is 0 Å². The molecule has 0 saturated carbocycles. The molecule has 0 aromatic heterocycles. The Kier molecular flexibility index (Phi) is 8.78. The molecule has 0 atom stereocenters. The molecule has 1 N–H and O–H groups in total. The number of hydrogen-bond donors (Lipinski definition) is 1. The number of sulfonamides is 1.